The van der Waals surface area contributed by atoms with Gasteiger partial charge in [0.2, 0.25) is 0 Å². The van der Waals surface area contributed by atoms with E-state index in [2.05, 4.69) is 0 Å². The second-order valence-electron chi connectivity index (χ2n) is 5.13. The number of carbonyl (C=O) groups is 1. The molecule has 0 radical (unpaired) electrons. The van der Waals surface area contributed by atoms with Gasteiger partial charge in [-0.1, -0.05) is 56.0 Å². The molecule has 1 atom stereocenters. The largest absolute Gasteiger partial charge is 0.479 e. The summed E-state index contributed by atoms with van der Waals surface area (Å²) < 4.78 is 0. The Morgan fingerprint density at radius 3 is 2.11 bits per heavy atom. The topological polar surface area (TPSA) is 57.5 Å². The van der Waals surface area contributed by atoms with Gasteiger partial charge in [-0.25, -0.2) is 4.79 Å². The molecule has 1 aliphatic rings. The van der Waals surface area contributed by atoms with Crippen LogP contribution in [0.25, 0.3) is 0 Å². The molecule has 2 rings (SSSR count). The van der Waals surface area contributed by atoms with E-state index in [4.69, 9.17) is 0 Å². The molecular formula is C15H20O3. The minimum atomic E-state index is -1.73. The van der Waals surface area contributed by atoms with Gasteiger partial charge in [0.1, 0.15) is 0 Å². The fourth-order valence-electron chi connectivity index (χ4n) is 2.92. The standard InChI is InChI=1S/C15H20O3/c16-14(17)15(18,13-10-6-3-7-11-13)12-8-4-1-2-5-9-12/h3,6-7,10-12,18H,1-2,4-5,8-9H2,(H,16,17)/t15-/m1/s1. The van der Waals surface area contributed by atoms with E-state index in [-0.39, 0.29) is 5.92 Å². The van der Waals surface area contributed by atoms with Gasteiger partial charge in [0.15, 0.2) is 5.60 Å². The van der Waals surface area contributed by atoms with Crippen LogP contribution >= 0.6 is 0 Å². The van der Waals surface area contributed by atoms with Crippen LogP contribution < -0.4 is 0 Å². The first-order valence-electron chi connectivity index (χ1n) is 6.67. The van der Waals surface area contributed by atoms with Crippen molar-refractivity contribution in [2.45, 2.75) is 44.1 Å². The Bertz CT molecular complexity index is 393. The summed E-state index contributed by atoms with van der Waals surface area (Å²) in [5.74, 6) is -1.31. The summed E-state index contributed by atoms with van der Waals surface area (Å²) in [4.78, 5) is 11.6. The molecule has 3 heteroatoms. The smallest absolute Gasteiger partial charge is 0.340 e. The number of hydrogen-bond donors (Lipinski definition) is 2. The number of aliphatic carboxylic acids is 1. The third-order valence-corrected chi connectivity index (χ3v) is 3.99. The zero-order valence-electron chi connectivity index (χ0n) is 10.5. The Hall–Kier alpha value is -1.35. The summed E-state index contributed by atoms with van der Waals surface area (Å²) in [7, 11) is 0. The van der Waals surface area contributed by atoms with Crippen molar-refractivity contribution >= 4 is 5.97 Å². The number of carboxylic acid groups (broad SMARTS) is 1. The van der Waals surface area contributed by atoms with E-state index in [9.17, 15) is 15.0 Å². The highest BCUT2D eigenvalue weighted by Gasteiger charge is 2.45. The lowest BCUT2D eigenvalue weighted by Gasteiger charge is -2.32. The number of rotatable bonds is 3. The lowest BCUT2D eigenvalue weighted by Crippen LogP contribution is -2.43. The van der Waals surface area contributed by atoms with Crippen molar-refractivity contribution in [1.82, 2.24) is 0 Å². The van der Waals surface area contributed by atoms with Crippen LogP contribution in [0.1, 0.15) is 44.1 Å². The van der Waals surface area contributed by atoms with Crippen LogP contribution in [0, 0.1) is 5.92 Å². The van der Waals surface area contributed by atoms with Crippen molar-refractivity contribution < 1.29 is 15.0 Å². The zero-order chi connectivity index (χ0) is 13.0. The highest BCUT2D eigenvalue weighted by molar-refractivity contribution is 5.79. The summed E-state index contributed by atoms with van der Waals surface area (Å²) >= 11 is 0. The minimum Gasteiger partial charge on any atom is -0.479 e. The Morgan fingerprint density at radius 1 is 1.06 bits per heavy atom. The second kappa shape index (κ2) is 5.53. The number of hydrogen-bond acceptors (Lipinski definition) is 2. The van der Waals surface area contributed by atoms with E-state index < -0.39 is 11.6 Å². The molecule has 0 unspecified atom stereocenters. The summed E-state index contributed by atoms with van der Waals surface area (Å²) in [5.41, 5.74) is -1.23. The summed E-state index contributed by atoms with van der Waals surface area (Å²) in [6.07, 6.45) is 5.87. The molecule has 2 N–H and O–H groups in total. The normalized spacial score (nSPS) is 20.9. The SMILES string of the molecule is O=C(O)[C@](O)(c1ccccc1)C1CCCCCC1. The van der Waals surface area contributed by atoms with Crippen molar-refractivity contribution in [3.8, 4) is 0 Å². The first-order valence-corrected chi connectivity index (χ1v) is 6.67. The predicted octanol–water partition coefficient (Wildman–Crippen LogP) is 2.93. The van der Waals surface area contributed by atoms with Crippen LogP contribution in [0.4, 0.5) is 0 Å². The highest BCUT2D eigenvalue weighted by atomic mass is 16.4. The van der Waals surface area contributed by atoms with Gasteiger partial charge in [0, 0.05) is 5.92 Å². The van der Waals surface area contributed by atoms with E-state index >= 15 is 0 Å². The van der Waals surface area contributed by atoms with Crippen LogP contribution in [0.3, 0.4) is 0 Å². The highest BCUT2D eigenvalue weighted by Crippen LogP contribution is 2.38. The number of carboxylic acids is 1. The molecule has 1 saturated carbocycles. The molecule has 0 amide bonds. The van der Waals surface area contributed by atoms with Crippen molar-refractivity contribution in [1.29, 1.82) is 0 Å². The maximum atomic E-state index is 11.6. The molecule has 1 aliphatic carbocycles. The van der Waals surface area contributed by atoms with Crippen molar-refractivity contribution in [3.63, 3.8) is 0 Å². The van der Waals surface area contributed by atoms with Gasteiger partial charge in [-0.05, 0) is 18.4 Å². The Morgan fingerprint density at radius 2 is 1.61 bits per heavy atom. The molecule has 1 fully saturated rings. The molecule has 3 nitrogen and oxygen atoms in total. The third-order valence-electron chi connectivity index (χ3n) is 3.99. The molecule has 0 heterocycles. The van der Waals surface area contributed by atoms with Gasteiger partial charge in [-0.2, -0.15) is 0 Å². The average molecular weight is 248 g/mol. The molecule has 0 saturated heterocycles. The number of aliphatic hydroxyl groups is 1. The fraction of sp³-hybridized carbons (Fsp3) is 0.533. The Labute approximate surface area is 107 Å². The van der Waals surface area contributed by atoms with Crippen molar-refractivity contribution in [2.24, 2.45) is 5.92 Å². The first-order chi connectivity index (χ1) is 8.65. The van der Waals surface area contributed by atoms with Crippen LogP contribution in [0.15, 0.2) is 30.3 Å². The van der Waals surface area contributed by atoms with Crippen molar-refractivity contribution in [3.05, 3.63) is 35.9 Å². The molecule has 0 bridgehead atoms. The third kappa shape index (κ3) is 2.41. The van der Waals surface area contributed by atoms with Gasteiger partial charge in [0.05, 0.1) is 0 Å². The van der Waals surface area contributed by atoms with Crippen LogP contribution in [-0.4, -0.2) is 16.2 Å². The predicted molar refractivity (Wildman–Crippen MR) is 69.2 cm³/mol. The summed E-state index contributed by atoms with van der Waals surface area (Å²) in [5, 5.41) is 20.2. The second-order valence-corrected chi connectivity index (χ2v) is 5.13. The Balaban J connectivity index is 2.34. The molecule has 18 heavy (non-hydrogen) atoms. The Kier molecular flexibility index (Phi) is 4.02. The van der Waals surface area contributed by atoms with E-state index in [1.165, 1.54) is 0 Å². The fourth-order valence-corrected chi connectivity index (χ4v) is 2.92. The van der Waals surface area contributed by atoms with Crippen molar-refractivity contribution in [2.75, 3.05) is 0 Å². The average Bonchev–Trinajstić information content (AvgIpc) is 2.67. The van der Waals surface area contributed by atoms with E-state index in [0.29, 0.717) is 5.56 Å². The molecule has 1 aromatic rings. The number of benzene rings is 1. The maximum Gasteiger partial charge on any atom is 0.340 e. The summed E-state index contributed by atoms with van der Waals surface area (Å²) in [6, 6.07) is 8.80. The van der Waals surface area contributed by atoms with Crippen LogP contribution in [-0.2, 0) is 10.4 Å². The van der Waals surface area contributed by atoms with Gasteiger partial charge in [-0.15, -0.1) is 0 Å². The van der Waals surface area contributed by atoms with E-state index in [0.717, 1.165) is 38.5 Å². The quantitative estimate of drug-likeness (QED) is 0.809. The molecular weight excluding hydrogens is 228 g/mol. The molecule has 98 valence electrons. The van der Waals surface area contributed by atoms with Gasteiger partial charge in [0.25, 0.3) is 0 Å². The lowest BCUT2D eigenvalue weighted by molar-refractivity contribution is -0.167. The lowest BCUT2D eigenvalue weighted by atomic mass is 9.77. The molecule has 0 aromatic heterocycles. The van der Waals surface area contributed by atoms with Crippen LogP contribution in [0.5, 0.6) is 0 Å². The van der Waals surface area contributed by atoms with Gasteiger partial charge < -0.3 is 10.2 Å². The first kappa shape index (κ1) is 13.1. The maximum absolute atomic E-state index is 11.6. The van der Waals surface area contributed by atoms with E-state index in [1.807, 2.05) is 6.07 Å². The minimum absolute atomic E-state index is 0.181. The molecule has 0 spiro atoms. The summed E-state index contributed by atoms with van der Waals surface area (Å²) in [6.45, 7) is 0. The van der Waals surface area contributed by atoms with E-state index in [1.54, 1.807) is 24.3 Å². The van der Waals surface area contributed by atoms with Gasteiger partial charge in [-0.3, -0.25) is 0 Å². The van der Waals surface area contributed by atoms with Gasteiger partial charge >= 0.3 is 5.97 Å². The van der Waals surface area contributed by atoms with Crippen LogP contribution in [0.2, 0.25) is 0 Å². The molecule has 1 aromatic carbocycles. The molecule has 0 aliphatic heterocycles. The monoisotopic (exact) mass is 248 g/mol. The zero-order valence-corrected chi connectivity index (χ0v) is 10.5.